The fourth-order valence-electron chi connectivity index (χ4n) is 1.95. The van der Waals surface area contributed by atoms with Gasteiger partial charge in [0.05, 0.1) is 13.5 Å². The molecule has 0 spiro atoms. The number of aryl methyl sites for hydroxylation is 1. The summed E-state index contributed by atoms with van der Waals surface area (Å²) in [5.74, 6) is -0.464. The lowest BCUT2D eigenvalue weighted by Crippen LogP contribution is -2.22. The number of hydrogen-bond donors (Lipinski definition) is 2. The van der Waals surface area contributed by atoms with Crippen LogP contribution in [0.5, 0.6) is 11.5 Å². The van der Waals surface area contributed by atoms with Crippen LogP contribution >= 0.6 is 0 Å². The first-order valence-electron chi connectivity index (χ1n) is 5.38. The number of carbonyl (C=O) groups is 1. The van der Waals surface area contributed by atoms with Gasteiger partial charge in [-0.15, -0.1) is 0 Å². The Balaban J connectivity index is 3.27. The Morgan fingerprint density at radius 3 is 2.47 bits per heavy atom. The van der Waals surface area contributed by atoms with Crippen LogP contribution in [0.3, 0.4) is 0 Å². The summed E-state index contributed by atoms with van der Waals surface area (Å²) in [6, 6.07) is 3.56. The third kappa shape index (κ3) is 2.70. The second-order valence-corrected chi connectivity index (χ2v) is 4.77. The molecule has 0 radical (unpaired) electrons. The number of carboxylic acid groups (broad SMARTS) is 1. The molecule has 0 aromatic heterocycles. The summed E-state index contributed by atoms with van der Waals surface area (Å²) in [7, 11) is 1.48. The molecule has 0 saturated heterocycles. The van der Waals surface area contributed by atoms with Gasteiger partial charge in [-0.1, -0.05) is 26.0 Å². The van der Waals surface area contributed by atoms with Crippen LogP contribution in [-0.4, -0.2) is 23.3 Å². The van der Waals surface area contributed by atoms with Crippen LogP contribution < -0.4 is 4.74 Å². The minimum Gasteiger partial charge on any atom is -0.504 e. The summed E-state index contributed by atoms with van der Waals surface area (Å²) in [4.78, 5) is 10.8. The van der Waals surface area contributed by atoms with E-state index in [2.05, 4.69) is 0 Å². The molecule has 1 aromatic rings. The van der Waals surface area contributed by atoms with Gasteiger partial charge in [-0.2, -0.15) is 0 Å². The van der Waals surface area contributed by atoms with Gasteiger partial charge in [0, 0.05) is 11.0 Å². The van der Waals surface area contributed by atoms with Gasteiger partial charge in [-0.05, 0) is 12.5 Å². The van der Waals surface area contributed by atoms with E-state index >= 15 is 0 Å². The average molecular weight is 238 g/mol. The maximum atomic E-state index is 10.8. The van der Waals surface area contributed by atoms with Crippen molar-refractivity contribution in [2.75, 3.05) is 7.11 Å². The van der Waals surface area contributed by atoms with Gasteiger partial charge in [0.15, 0.2) is 11.5 Å². The molecule has 0 fully saturated rings. The molecule has 1 rings (SSSR count). The molecule has 0 saturated carbocycles. The van der Waals surface area contributed by atoms with Gasteiger partial charge >= 0.3 is 5.97 Å². The van der Waals surface area contributed by atoms with Gasteiger partial charge in [0.25, 0.3) is 0 Å². The van der Waals surface area contributed by atoms with Crippen molar-refractivity contribution in [2.45, 2.75) is 32.6 Å². The number of phenols is 1. The van der Waals surface area contributed by atoms with Crippen molar-refractivity contribution >= 4 is 5.97 Å². The summed E-state index contributed by atoms with van der Waals surface area (Å²) in [6.45, 7) is 5.39. The first-order valence-corrected chi connectivity index (χ1v) is 5.38. The van der Waals surface area contributed by atoms with Crippen molar-refractivity contribution in [2.24, 2.45) is 0 Å². The Bertz CT molecular complexity index is 435. The van der Waals surface area contributed by atoms with Crippen molar-refractivity contribution in [3.63, 3.8) is 0 Å². The number of methoxy groups -OCH3 is 1. The molecule has 0 unspecified atom stereocenters. The summed E-state index contributed by atoms with van der Waals surface area (Å²) < 4.78 is 5.12. The molecule has 0 amide bonds. The molecular weight excluding hydrogens is 220 g/mol. The summed E-state index contributed by atoms with van der Waals surface area (Å²) in [5, 5.41) is 19.0. The molecule has 0 aliphatic heterocycles. The van der Waals surface area contributed by atoms with Crippen LogP contribution in [0.1, 0.15) is 31.4 Å². The third-order valence-corrected chi connectivity index (χ3v) is 2.85. The zero-order valence-electron chi connectivity index (χ0n) is 10.6. The molecule has 2 N–H and O–H groups in total. The molecule has 4 heteroatoms. The fourth-order valence-corrected chi connectivity index (χ4v) is 1.95. The van der Waals surface area contributed by atoms with E-state index in [0.29, 0.717) is 11.3 Å². The van der Waals surface area contributed by atoms with E-state index in [9.17, 15) is 9.90 Å². The third-order valence-electron chi connectivity index (χ3n) is 2.85. The van der Waals surface area contributed by atoms with Gasteiger partial charge in [-0.25, -0.2) is 0 Å². The quantitative estimate of drug-likeness (QED) is 0.845. The van der Waals surface area contributed by atoms with Gasteiger partial charge in [0.1, 0.15) is 0 Å². The van der Waals surface area contributed by atoms with Crippen molar-refractivity contribution in [3.05, 3.63) is 23.3 Å². The van der Waals surface area contributed by atoms with E-state index in [1.54, 1.807) is 19.9 Å². The van der Waals surface area contributed by atoms with Crippen molar-refractivity contribution < 1.29 is 19.7 Å². The lowest BCUT2D eigenvalue weighted by Gasteiger charge is -2.25. The first kappa shape index (κ1) is 13.4. The molecule has 4 nitrogen and oxygen atoms in total. The SMILES string of the molecule is COc1c(C)ccc(C(C)(C)CC(=O)O)c1O. The van der Waals surface area contributed by atoms with Gasteiger partial charge in [0.2, 0.25) is 0 Å². The van der Waals surface area contributed by atoms with Crippen molar-refractivity contribution in [3.8, 4) is 11.5 Å². The summed E-state index contributed by atoms with van der Waals surface area (Å²) in [6.07, 6.45) is -0.0488. The maximum Gasteiger partial charge on any atom is 0.304 e. The van der Waals surface area contributed by atoms with Crippen LogP contribution in [0.4, 0.5) is 0 Å². The smallest absolute Gasteiger partial charge is 0.304 e. The molecule has 1 aromatic carbocycles. The number of rotatable bonds is 4. The highest BCUT2D eigenvalue weighted by molar-refractivity contribution is 5.69. The van der Waals surface area contributed by atoms with Crippen LogP contribution in [-0.2, 0) is 10.2 Å². The number of phenolic OH excluding ortho intramolecular Hbond substituents is 1. The largest absolute Gasteiger partial charge is 0.504 e. The standard InChI is InChI=1S/C13H18O4/c1-8-5-6-9(11(16)12(8)17-4)13(2,3)7-10(14)15/h5-6,16H,7H2,1-4H3,(H,14,15). The van der Waals surface area contributed by atoms with E-state index < -0.39 is 11.4 Å². The zero-order valence-corrected chi connectivity index (χ0v) is 10.6. The van der Waals surface area contributed by atoms with Gasteiger partial charge < -0.3 is 14.9 Å². The average Bonchev–Trinajstić information content (AvgIpc) is 2.15. The topological polar surface area (TPSA) is 66.8 Å². The maximum absolute atomic E-state index is 10.8. The molecule has 0 heterocycles. The molecule has 0 aliphatic carbocycles. The highest BCUT2D eigenvalue weighted by atomic mass is 16.5. The second-order valence-electron chi connectivity index (χ2n) is 4.77. The van der Waals surface area contributed by atoms with Gasteiger partial charge in [-0.3, -0.25) is 4.79 Å². The highest BCUT2D eigenvalue weighted by Gasteiger charge is 2.28. The monoisotopic (exact) mass is 238 g/mol. The Kier molecular flexibility index (Phi) is 3.66. The molecule has 0 atom stereocenters. The van der Waals surface area contributed by atoms with Crippen LogP contribution in [0.25, 0.3) is 0 Å². The van der Waals surface area contributed by atoms with Crippen molar-refractivity contribution in [1.29, 1.82) is 0 Å². The number of benzene rings is 1. The number of hydrogen-bond acceptors (Lipinski definition) is 3. The lowest BCUT2D eigenvalue weighted by molar-refractivity contribution is -0.138. The fraction of sp³-hybridized carbons (Fsp3) is 0.462. The molecule has 0 aliphatic rings. The molecule has 0 bridgehead atoms. The number of ether oxygens (including phenoxy) is 1. The number of aromatic hydroxyl groups is 1. The minimum atomic E-state index is -0.894. The molecular formula is C13H18O4. The normalized spacial score (nSPS) is 11.3. The van der Waals surface area contributed by atoms with E-state index in [0.717, 1.165) is 5.56 Å². The highest BCUT2D eigenvalue weighted by Crippen LogP contribution is 2.41. The Hall–Kier alpha value is -1.71. The molecule has 17 heavy (non-hydrogen) atoms. The Labute approximate surface area is 101 Å². The minimum absolute atomic E-state index is 0.0266. The van der Waals surface area contributed by atoms with E-state index in [4.69, 9.17) is 9.84 Å². The van der Waals surface area contributed by atoms with E-state index in [1.807, 2.05) is 13.0 Å². The lowest BCUT2D eigenvalue weighted by atomic mass is 9.80. The van der Waals surface area contributed by atoms with Crippen molar-refractivity contribution in [1.82, 2.24) is 0 Å². The Morgan fingerprint density at radius 1 is 1.41 bits per heavy atom. The zero-order chi connectivity index (χ0) is 13.2. The number of aliphatic carboxylic acids is 1. The van der Waals surface area contributed by atoms with Crippen LogP contribution in [0.15, 0.2) is 12.1 Å². The summed E-state index contributed by atoms with van der Waals surface area (Å²) in [5.41, 5.74) is 0.763. The second kappa shape index (κ2) is 4.65. The predicted octanol–water partition coefficient (Wildman–Crippen LogP) is 2.46. The predicted molar refractivity (Wildman–Crippen MR) is 64.7 cm³/mol. The Morgan fingerprint density at radius 2 is 2.00 bits per heavy atom. The summed E-state index contributed by atoms with van der Waals surface area (Å²) >= 11 is 0. The number of carboxylic acids is 1. The van der Waals surface area contributed by atoms with E-state index in [1.165, 1.54) is 7.11 Å². The van der Waals surface area contributed by atoms with Crippen LogP contribution in [0, 0.1) is 6.92 Å². The first-order chi connectivity index (χ1) is 7.79. The van der Waals surface area contributed by atoms with E-state index in [-0.39, 0.29) is 12.2 Å². The molecule has 94 valence electrons. The van der Waals surface area contributed by atoms with Crippen LogP contribution in [0.2, 0.25) is 0 Å².